The van der Waals surface area contributed by atoms with E-state index in [1.54, 1.807) is 0 Å². The molecule has 0 saturated carbocycles. The average molecular weight is 407 g/mol. The number of nitrogens with zero attached hydrogens (tertiary/aromatic N) is 1. The van der Waals surface area contributed by atoms with E-state index < -0.39 is 0 Å². The first-order chi connectivity index (χ1) is 14.3. The van der Waals surface area contributed by atoms with Crippen LogP contribution in [0.3, 0.4) is 0 Å². The number of piperidine rings is 1. The predicted octanol–water partition coefficient (Wildman–Crippen LogP) is 4.52. The fraction of sp³-hybridized carbons (Fsp3) is 0.304. The van der Waals surface area contributed by atoms with Crippen molar-refractivity contribution in [2.24, 2.45) is 0 Å². The summed E-state index contributed by atoms with van der Waals surface area (Å²) >= 11 is 1.46. The number of carbonyl (C=O) groups excluding carboxylic acids is 1. The Morgan fingerprint density at radius 1 is 1.07 bits per heavy atom. The van der Waals surface area contributed by atoms with Gasteiger partial charge in [0.15, 0.2) is 5.13 Å². The van der Waals surface area contributed by atoms with Crippen LogP contribution in [-0.4, -0.2) is 30.5 Å². The minimum absolute atomic E-state index is 0.154. The molecule has 1 saturated heterocycles. The molecule has 1 aliphatic heterocycles. The molecule has 6 heteroatoms. The summed E-state index contributed by atoms with van der Waals surface area (Å²) in [4.78, 5) is 17.2. The van der Waals surface area contributed by atoms with Gasteiger partial charge in [0.2, 0.25) is 0 Å². The molecular formula is C23H26N4OS. The molecule has 1 aliphatic rings. The number of thiazole rings is 1. The van der Waals surface area contributed by atoms with Gasteiger partial charge >= 0.3 is 0 Å². The van der Waals surface area contributed by atoms with Crippen LogP contribution in [0.25, 0.3) is 0 Å². The average Bonchev–Trinajstić information content (AvgIpc) is 3.25. The van der Waals surface area contributed by atoms with E-state index in [2.05, 4.69) is 39.1 Å². The molecule has 150 valence electrons. The molecule has 0 atom stereocenters. The van der Waals surface area contributed by atoms with E-state index >= 15 is 0 Å². The number of rotatable bonds is 7. The summed E-state index contributed by atoms with van der Waals surface area (Å²) in [6.07, 6.45) is 3.11. The van der Waals surface area contributed by atoms with E-state index in [0.29, 0.717) is 11.6 Å². The lowest BCUT2D eigenvalue weighted by Gasteiger charge is -2.25. The number of amides is 1. The summed E-state index contributed by atoms with van der Waals surface area (Å²) < 4.78 is 0. The Bertz CT molecular complexity index is 935. The maximum absolute atomic E-state index is 12.8. The summed E-state index contributed by atoms with van der Waals surface area (Å²) in [6, 6.07) is 18.5. The molecule has 0 bridgehead atoms. The molecule has 0 radical (unpaired) electrons. The zero-order valence-corrected chi connectivity index (χ0v) is 17.2. The number of para-hydroxylation sites is 1. The fourth-order valence-electron chi connectivity index (χ4n) is 3.70. The highest BCUT2D eigenvalue weighted by Gasteiger charge is 2.20. The van der Waals surface area contributed by atoms with Crippen LogP contribution in [0.5, 0.6) is 0 Å². The molecule has 3 N–H and O–H groups in total. The lowest BCUT2D eigenvalue weighted by molar-refractivity contribution is 0.102. The first-order valence-electron chi connectivity index (χ1n) is 10.1. The number of anilines is 2. The number of benzene rings is 2. The van der Waals surface area contributed by atoms with Gasteiger partial charge in [-0.3, -0.25) is 4.79 Å². The molecule has 5 nitrogen and oxygen atoms in total. The Balaban J connectivity index is 1.36. The topological polar surface area (TPSA) is 66.1 Å². The second kappa shape index (κ2) is 9.67. The van der Waals surface area contributed by atoms with Crippen molar-refractivity contribution in [2.75, 3.05) is 30.3 Å². The van der Waals surface area contributed by atoms with Gasteiger partial charge in [-0.2, -0.15) is 0 Å². The molecule has 4 rings (SSSR count). The van der Waals surface area contributed by atoms with Crippen molar-refractivity contribution in [1.29, 1.82) is 0 Å². The summed E-state index contributed by atoms with van der Waals surface area (Å²) in [5.41, 5.74) is 3.86. The highest BCUT2D eigenvalue weighted by atomic mass is 32.1. The summed E-state index contributed by atoms with van der Waals surface area (Å²) in [5.74, 6) is 0.331. The van der Waals surface area contributed by atoms with Crippen LogP contribution >= 0.6 is 11.3 Å². The third kappa shape index (κ3) is 5.22. The van der Waals surface area contributed by atoms with E-state index in [1.807, 2.05) is 41.8 Å². The van der Waals surface area contributed by atoms with Gasteiger partial charge in [0, 0.05) is 17.6 Å². The molecular weight excluding hydrogens is 380 g/mol. The molecule has 2 aromatic carbocycles. The molecule has 1 fully saturated rings. The standard InChI is InChI=1S/C23H26N4OS/c28-22(26-20-9-5-4-8-19(20)18-11-13-24-14-12-18)21-16-29-23(27-21)25-15-10-17-6-2-1-3-7-17/h1-9,16,18,24H,10-15H2,(H,25,27)(H,26,28). The van der Waals surface area contributed by atoms with Crippen molar-refractivity contribution in [2.45, 2.75) is 25.2 Å². The van der Waals surface area contributed by atoms with E-state index in [4.69, 9.17) is 0 Å². The minimum atomic E-state index is -0.154. The van der Waals surface area contributed by atoms with Gasteiger partial charge < -0.3 is 16.0 Å². The van der Waals surface area contributed by atoms with Crippen LogP contribution in [0, 0.1) is 0 Å². The highest BCUT2D eigenvalue weighted by molar-refractivity contribution is 7.13. The maximum atomic E-state index is 12.8. The van der Waals surface area contributed by atoms with Gasteiger partial charge in [0.05, 0.1) is 0 Å². The Labute approximate surface area is 175 Å². The van der Waals surface area contributed by atoms with Crippen molar-refractivity contribution in [3.8, 4) is 0 Å². The van der Waals surface area contributed by atoms with Crippen LogP contribution in [0.1, 0.15) is 40.4 Å². The third-order valence-electron chi connectivity index (χ3n) is 5.26. The van der Waals surface area contributed by atoms with Crippen LogP contribution in [-0.2, 0) is 6.42 Å². The second-order valence-electron chi connectivity index (χ2n) is 7.27. The molecule has 1 aromatic heterocycles. The lowest BCUT2D eigenvalue weighted by atomic mass is 9.89. The van der Waals surface area contributed by atoms with Gasteiger partial charge in [0.1, 0.15) is 5.69 Å². The molecule has 29 heavy (non-hydrogen) atoms. The molecule has 2 heterocycles. The SMILES string of the molecule is O=C(Nc1ccccc1C1CCNCC1)c1csc(NCCc2ccccc2)n1. The third-order valence-corrected chi connectivity index (χ3v) is 6.06. The maximum Gasteiger partial charge on any atom is 0.275 e. The number of carbonyl (C=O) groups is 1. The van der Waals surface area contributed by atoms with Crippen molar-refractivity contribution in [3.05, 3.63) is 76.8 Å². The Kier molecular flexibility index (Phi) is 6.54. The normalized spacial score (nSPS) is 14.5. The lowest BCUT2D eigenvalue weighted by Crippen LogP contribution is -2.27. The van der Waals surface area contributed by atoms with Crippen molar-refractivity contribution < 1.29 is 4.79 Å². The predicted molar refractivity (Wildman–Crippen MR) is 120 cm³/mol. The quantitative estimate of drug-likeness (QED) is 0.540. The van der Waals surface area contributed by atoms with E-state index in [9.17, 15) is 4.79 Å². The van der Waals surface area contributed by atoms with Crippen molar-refractivity contribution in [3.63, 3.8) is 0 Å². The molecule has 0 aliphatic carbocycles. The second-order valence-corrected chi connectivity index (χ2v) is 8.12. The highest BCUT2D eigenvalue weighted by Crippen LogP contribution is 2.31. The summed E-state index contributed by atoms with van der Waals surface area (Å²) in [7, 11) is 0. The van der Waals surface area contributed by atoms with E-state index in [0.717, 1.165) is 49.7 Å². The van der Waals surface area contributed by atoms with E-state index in [1.165, 1.54) is 22.5 Å². The number of aromatic nitrogens is 1. The number of hydrogen-bond acceptors (Lipinski definition) is 5. The minimum Gasteiger partial charge on any atom is -0.361 e. The molecule has 0 spiro atoms. The Morgan fingerprint density at radius 3 is 2.66 bits per heavy atom. The Hall–Kier alpha value is -2.70. The summed E-state index contributed by atoms with van der Waals surface area (Å²) in [5, 5.41) is 12.4. The zero-order chi connectivity index (χ0) is 19.9. The van der Waals surface area contributed by atoms with Gasteiger partial charge in [-0.15, -0.1) is 11.3 Å². The van der Waals surface area contributed by atoms with Crippen LogP contribution in [0.2, 0.25) is 0 Å². The van der Waals surface area contributed by atoms with Crippen LogP contribution in [0.4, 0.5) is 10.8 Å². The molecule has 0 unspecified atom stereocenters. The fourth-order valence-corrected chi connectivity index (χ4v) is 4.42. The summed E-state index contributed by atoms with van der Waals surface area (Å²) in [6.45, 7) is 2.84. The van der Waals surface area contributed by atoms with Gasteiger partial charge in [-0.05, 0) is 55.5 Å². The van der Waals surface area contributed by atoms with Crippen LogP contribution < -0.4 is 16.0 Å². The molecule has 3 aromatic rings. The number of nitrogens with one attached hydrogen (secondary N) is 3. The zero-order valence-electron chi connectivity index (χ0n) is 16.4. The van der Waals surface area contributed by atoms with Crippen LogP contribution in [0.15, 0.2) is 60.0 Å². The Morgan fingerprint density at radius 2 is 1.83 bits per heavy atom. The smallest absolute Gasteiger partial charge is 0.275 e. The van der Waals surface area contributed by atoms with Gasteiger partial charge in [0.25, 0.3) is 5.91 Å². The van der Waals surface area contributed by atoms with Gasteiger partial charge in [-0.25, -0.2) is 4.98 Å². The molecule has 1 amide bonds. The van der Waals surface area contributed by atoms with Crippen molar-refractivity contribution in [1.82, 2.24) is 10.3 Å². The monoisotopic (exact) mass is 406 g/mol. The number of hydrogen-bond donors (Lipinski definition) is 3. The van der Waals surface area contributed by atoms with Crippen molar-refractivity contribution >= 4 is 28.1 Å². The van der Waals surface area contributed by atoms with E-state index in [-0.39, 0.29) is 5.91 Å². The first kappa shape index (κ1) is 19.6. The van der Waals surface area contributed by atoms with Gasteiger partial charge in [-0.1, -0.05) is 48.5 Å². The largest absolute Gasteiger partial charge is 0.361 e. The first-order valence-corrected chi connectivity index (χ1v) is 11.0.